The van der Waals surface area contributed by atoms with Crippen LogP contribution in [0.3, 0.4) is 0 Å². The molecule has 0 N–H and O–H groups in total. The number of nitrogens with zero attached hydrogens (tertiary/aromatic N) is 3. The number of ketones is 2. The van der Waals surface area contributed by atoms with Gasteiger partial charge in [-0.05, 0) is 38.8 Å². The zero-order valence-electron chi connectivity index (χ0n) is 18.1. The molecule has 1 aromatic rings. The highest BCUT2D eigenvalue weighted by Crippen LogP contribution is 2.29. The van der Waals surface area contributed by atoms with Gasteiger partial charge in [-0.2, -0.15) is 0 Å². The van der Waals surface area contributed by atoms with Gasteiger partial charge in [-0.3, -0.25) is 19.3 Å². The zero-order chi connectivity index (χ0) is 21.5. The van der Waals surface area contributed by atoms with Crippen molar-refractivity contribution >= 4 is 23.2 Å². The highest BCUT2D eigenvalue weighted by atomic mass is 16.5. The molecule has 0 radical (unpaired) electrons. The summed E-state index contributed by atoms with van der Waals surface area (Å²) in [5.74, 6) is 0.685. The van der Waals surface area contributed by atoms with Gasteiger partial charge in [0.2, 0.25) is 5.91 Å². The van der Waals surface area contributed by atoms with Crippen LogP contribution in [0.4, 0.5) is 5.69 Å². The van der Waals surface area contributed by atoms with E-state index in [9.17, 15) is 14.4 Å². The van der Waals surface area contributed by atoms with Crippen molar-refractivity contribution in [3.05, 3.63) is 24.3 Å². The quantitative estimate of drug-likeness (QED) is 0.576. The molecule has 0 unspecified atom stereocenters. The van der Waals surface area contributed by atoms with Crippen LogP contribution in [0.2, 0.25) is 0 Å². The molecular formula is C23H33N3O4. The number of ether oxygens (including phenoxy) is 1. The minimum atomic E-state index is -0.159. The summed E-state index contributed by atoms with van der Waals surface area (Å²) in [6, 6.07) is 8.05. The second-order valence-electron chi connectivity index (χ2n) is 8.42. The molecule has 0 bridgehead atoms. The summed E-state index contributed by atoms with van der Waals surface area (Å²) in [6.45, 7) is 8.17. The summed E-state index contributed by atoms with van der Waals surface area (Å²) in [5.41, 5.74) is 1.08. The Hall–Kier alpha value is -2.41. The molecule has 2 aliphatic heterocycles. The maximum absolute atomic E-state index is 12.4. The molecule has 7 nitrogen and oxygen atoms in total. The van der Waals surface area contributed by atoms with Crippen molar-refractivity contribution in [3.8, 4) is 5.75 Å². The molecule has 7 heteroatoms. The van der Waals surface area contributed by atoms with Crippen LogP contribution in [0.5, 0.6) is 5.75 Å². The topological polar surface area (TPSA) is 70.2 Å². The Morgan fingerprint density at radius 2 is 1.67 bits per heavy atom. The number of hydrogen-bond acceptors (Lipinski definition) is 6. The van der Waals surface area contributed by atoms with Crippen LogP contribution in [0.25, 0.3) is 0 Å². The van der Waals surface area contributed by atoms with Gasteiger partial charge in [0.05, 0.1) is 31.3 Å². The third-order valence-electron chi connectivity index (χ3n) is 5.52. The molecule has 0 spiro atoms. The number of piperidine rings is 1. The smallest absolute Gasteiger partial charge is 0.222 e. The van der Waals surface area contributed by atoms with E-state index in [1.54, 1.807) is 4.90 Å². The lowest BCUT2D eigenvalue weighted by Crippen LogP contribution is -2.48. The second-order valence-corrected chi connectivity index (χ2v) is 8.42. The Kier molecular flexibility index (Phi) is 7.85. The Bertz CT molecular complexity index is 757. The van der Waals surface area contributed by atoms with Gasteiger partial charge < -0.3 is 14.5 Å². The number of carbonyl (C=O) groups is 3. The summed E-state index contributed by atoms with van der Waals surface area (Å²) in [7, 11) is 0. The fourth-order valence-corrected chi connectivity index (χ4v) is 4.04. The first-order chi connectivity index (χ1) is 14.4. The van der Waals surface area contributed by atoms with Crippen molar-refractivity contribution in [3.63, 3.8) is 0 Å². The third kappa shape index (κ3) is 6.29. The van der Waals surface area contributed by atoms with E-state index in [0.717, 1.165) is 50.5 Å². The van der Waals surface area contributed by atoms with Crippen molar-refractivity contribution in [2.75, 3.05) is 50.7 Å². The highest BCUT2D eigenvalue weighted by Gasteiger charge is 2.24. The first kappa shape index (κ1) is 22.3. The molecule has 0 aliphatic carbocycles. The van der Waals surface area contributed by atoms with Crippen LogP contribution < -0.4 is 9.64 Å². The average Bonchev–Trinajstić information content (AvgIpc) is 2.70. The normalized spacial score (nSPS) is 18.0. The molecule has 2 aliphatic rings. The maximum Gasteiger partial charge on any atom is 0.222 e. The standard InChI is InChI=1S/C23H33N3O4/c1-18(2)30-22-8-4-3-7-21(22)25-13-11-24(12-14-25)16-19(27)15-20(28)17-26-10-6-5-9-23(26)29/h3-4,7-8,18H,5-6,9-17H2,1-2H3. The number of rotatable bonds is 9. The molecule has 2 heterocycles. The zero-order valence-corrected chi connectivity index (χ0v) is 18.1. The Morgan fingerprint density at radius 3 is 2.37 bits per heavy atom. The number of likely N-dealkylation sites (tertiary alicyclic amines) is 1. The van der Waals surface area contributed by atoms with Gasteiger partial charge in [-0.15, -0.1) is 0 Å². The van der Waals surface area contributed by atoms with Crippen LogP contribution in [0.1, 0.15) is 39.5 Å². The van der Waals surface area contributed by atoms with Crippen LogP contribution in [0.15, 0.2) is 24.3 Å². The molecule has 2 saturated heterocycles. The highest BCUT2D eigenvalue weighted by molar-refractivity contribution is 6.01. The molecule has 3 rings (SSSR count). The SMILES string of the molecule is CC(C)Oc1ccccc1N1CCN(CC(=O)CC(=O)CN2CCCCC2=O)CC1. The summed E-state index contributed by atoms with van der Waals surface area (Å²) >= 11 is 0. The number of carbonyl (C=O) groups excluding carboxylic acids is 3. The summed E-state index contributed by atoms with van der Waals surface area (Å²) in [6.07, 6.45) is 2.36. The van der Waals surface area contributed by atoms with Crippen molar-refractivity contribution < 1.29 is 19.1 Å². The first-order valence-electron chi connectivity index (χ1n) is 11.0. The van der Waals surface area contributed by atoms with E-state index in [-0.39, 0.29) is 43.1 Å². The summed E-state index contributed by atoms with van der Waals surface area (Å²) in [4.78, 5) is 42.4. The molecule has 1 amide bonds. The Labute approximate surface area is 179 Å². The number of anilines is 1. The lowest BCUT2D eigenvalue weighted by Gasteiger charge is -2.36. The molecular weight excluding hydrogens is 382 g/mol. The maximum atomic E-state index is 12.4. The van der Waals surface area contributed by atoms with E-state index in [1.807, 2.05) is 32.0 Å². The first-order valence-corrected chi connectivity index (χ1v) is 11.0. The minimum Gasteiger partial charge on any atom is -0.489 e. The number of para-hydroxylation sites is 2. The van der Waals surface area contributed by atoms with E-state index in [4.69, 9.17) is 4.74 Å². The van der Waals surface area contributed by atoms with Crippen LogP contribution >= 0.6 is 0 Å². The summed E-state index contributed by atoms with van der Waals surface area (Å²) in [5, 5.41) is 0. The van der Waals surface area contributed by atoms with Gasteiger partial charge in [-0.1, -0.05) is 12.1 Å². The van der Waals surface area contributed by atoms with Crippen LogP contribution in [-0.2, 0) is 14.4 Å². The predicted octanol–water partition coefficient (Wildman–Crippen LogP) is 2.14. The Balaban J connectivity index is 1.44. The van der Waals surface area contributed by atoms with Crippen molar-refractivity contribution in [2.45, 2.75) is 45.6 Å². The van der Waals surface area contributed by atoms with E-state index in [1.165, 1.54) is 0 Å². The van der Waals surface area contributed by atoms with E-state index in [2.05, 4.69) is 15.9 Å². The predicted molar refractivity (Wildman–Crippen MR) is 116 cm³/mol. The number of hydrogen-bond donors (Lipinski definition) is 0. The molecule has 2 fully saturated rings. The van der Waals surface area contributed by atoms with Crippen molar-refractivity contribution in [2.24, 2.45) is 0 Å². The lowest BCUT2D eigenvalue weighted by molar-refractivity contribution is -0.138. The van der Waals surface area contributed by atoms with Gasteiger partial charge in [-0.25, -0.2) is 0 Å². The molecule has 164 valence electrons. The van der Waals surface area contributed by atoms with Gasteiger partial charge in [0.25, 0.3) is 0 Å². The molecule has 0 saturated carbocycles. The fraction of sp³-hybridized carbons (Fsp3) is 0.609. The van der Waals surface area contributed by atoms with Gasteiger partial charge in [0.1, 0.15) is 5.75 Å². The van der Waals surface area contributed by atoms with E-state index < -0.39 is 0 Å². The number of piperazine rings is 1. The van der Waals surface area contributed by atoms with E-state index in [0.29, 0.717) is 13.0 Å². The minimum absolute atomic E-state index is 0.0277. The van der Waals surface area contributed by atoms with Gasteiger partial charge in [0.15, 0.2) is 11.6 Å². The van der Waals surface area contributed by atoms with Gasteiger partial charge >= 0.3 is 0 Å². The van der Waals surface area contributed by atoms with E-state index >= 15 is 0 Å². The molecule has 1 aromatic carbocycles. The molecule has 0 aromatic heterocycles. The van der Waals surface area contributed by atoms with Crippen molar-refractivity contribution in [1.82, 2.24) is 9.80 Å². The number of amides is 1. The molecule has 0 atom stereocenters. The monoisotopic (exact) mass is 415 g/mol. The fourth-order valence-electron chi connectivity index (χ4n) is 4.04. The average molecular weight is 416 g/mol. The summed E-state index contributed by atoms with van der Waals surface area (Å²) < 4.78 is 5.93. The largest absolute Gasteiger partial charge is 0.489 e. The second kappa shape index (κ2) is 10.6. The van der Waals surface area contributed by atoms with Gasteiger partial charge in [0, 0.05) is 39.1 Å². The third-order valence-corrected chi connectivity index (χ3v) is 5.52. The van der Waals surface area contributed by atoms with Crippen molar-refractivity contribution in [1.29, 1.82) is 0 Å². The van der Waals surface area contributed by atoms with Crippen LogP contribution in [-0.4, -0.2) is 79.2 Å². The lowest BCUT2D eigenvalue weighted by atomic mass is 10.1. The van der Waals surface area contributed by atoms with Crippen LogP contribution in [0, 0.1) is 0 Å². The number of benzene rings is 1. The Morgan fingerprint density at radius 1 is 0.967 bits per heavy atom. The molecule has 30 heavy (non-hydrogen) atoms. The number of Topliss-reactive ketones (excluding diaryl/α,β-unsaturated/α-hetero) is 2.